The summed E-state index contributed by atoms with van der Waals surface area (Å²) in [4.78, 5) is 57.7. The third-order valence-electron chi connectivity index (χ3n) is 4.56. The van der Waals surface area contributed by atoms with Crippen LogP contribution >= 0.6 is 23.4 Å². The van der Waals surface area contributed by atoms with Crippen molar-refractivity contribution in [3.05, 3.63) is 72.8 Å². The number of anilines is 1. The first-order valence-corrected chi connectivity index (χ1v) is 11.7. The number of benzene rings is 2. The number of hydrogen-bond acceptors (Lipinski definition) is 10. The number of halogens is 1. The molecule has 2 aromatic carbocycles. The van der Waals surface area contributed by atoms with Crippen molar-refractivity contribution in [2.45, 2.75) is 12.5 Å². The van der Waals surface area contributed by atoms with Crippen LogP contribution in [0.3, 0.4) is 0 Å². The van der Waals surface area contributed by atoms with Gasteiger partial charge in [-0.3, -0.25) is 29.8 Å². The van der Waals surface area contributed by atoms with Crippen LogP contribution in [0.25, 0.3) is 0 Å². The summed E-state index contributed by atoms with van der Waals surface area (Å²) >= 11 is 7.36. The van der Waals surface area contributed by atoms with E-state index >= 15 is 0 Å². The zero-order valence-corrected chi connectivity index (χ0v) is 20.1. The molecule has 2 N–H and O–H groups in total. The Morgan fingerprint density at radius 3 is 2.36 bits per heavy atom. The number of thioether (sulfide) groups is 1. The lowest BCUT2D eigenvalue weighted by Crippen LogP contribution is -2.43. The highest BCUT2D eigenvalue weighted by Gasteiger charge is 2.25. The van der Waals surface area contributed by atoms with Crippen molar-refractivity contribution >= 4 is 58.2 Å². The molecule has 0 aliphatic heterocycles. The summed E-state index contributed by atoms with van der Waals surface area (Å²) in [5, 5.41) is 35.4. The second kappa shape index (κ2) is 13.0. The van der Waals surface area contributed by atoms with Crippen LogP contribution in [0.4, 0.5) is 17.1 Å². The monoisotopic (exact) mass is 535 g/mol. The summed E-state index contributed by atoms with van der Waals surface area (Å²) in [5.74, 6) is -2.06. The van der Waals surface area contributed by atoms with Crippen LogP contribution < -0.4 is 10.6 Å². The normalized spacial score (nSPS) is 11.0. The Bertz CT molecular complexity index is 1250. The van der Waals surface area contributed by atoms with Gasteiger partial charge < -0.3 is 15.4 Å². The van der Waals surface area contributed by atoms with Crippen molar-refractivity contribution in [3.8, 4) is 6.07 Å². The first kappa shape index (κ1) is 28.0. The number of hydrogen-bond donors (Lipinski definition) is 2. The SMILES string of the molecule is CSCC[C@H](NC(=O)c1ccc([N+](=O)[O-])cc1Cl)C(=O)OCC(=O)Nc1ccc([N+](=O)[O-])cc1C#N. The third-order valence-corrected chi connectivity index (χ3v) is 5.52. The van der Waals surface area contributed by atoms with E-state index in [0.717, 1.165) is 30.3 Å². The van der Waals surface area contributed by atoms with Gasteiger partial charge in [0.25, 0.3) is 23.2 Å². The van der Waals surface area contributed by atoms with Crippen molar-refractivity contribution in [2.75, 3.05) is 23.9 Å². The van der Waals surface area contributed by atoms with E-state index in [0.29, 0.717) is 5.75 Å². The van der Waals surface area contributed by atoms with Gasteiger partial charge in [-0.05, 0) is 30.6 Å². The van der Waals surface area contributed by atoms with Crippen LogP contribution in [0.1, 0.15) is 22.3 Å². The number of esters is 1. The van der Waals surface area contributed by atoms with Gasteiger partial charge in [-0.15, -0.1) is 0 Å². The van der Waals surface area contributed by atoms with Gasteiger partial charge in [-0.25, -0.2) is 4.79 Å². The molecule has 0 bridgehead atoms. The molecule has 0 radical (unpaired) electrons. The van der Waals surface area contributed by atoms with E-state index in [2.05, 4.69) is 10.6 Å². The molecule has 36 heavy (non-hydrogen) atoms. The fourth-order valence-electron chi connectivity index (χ4n) is 2.79. The number of nitro groups is 2. The topological polar surface area (TPSA) is 195 Å². The molecule has 0 aliphatic carbocycles. The van der Waals surface area contributed by atoms with Gasteiger partial charge in [0.1, 0.15) is 12.1 Å². The Hall–Kier alpha value is -4.22. The predicted octanol–water partition coefficient (Wildman–Crippen LogP) is 3.06. The minimum Gasteiger partial charge on any atom is -0.454 e. The number of rotatable bonds is 11. The zero-order chi connectivity index (χ0) is 26.8. The Balaban J connectivity index is 2.05. The average molecular weight is 536 g/mol. The van der Waals surface area contributed by atoms with E-state index < -0.39 is 40.3 Å². The molecule has 0 unspecified atom stereocenters. The van der Waals surface area contributed by atoms with Crippen molar-refractivity contribution < 1.29 is 29.0 Å². The fourth-order valence-corrected chi connectivity index (χ4v) is 3.53. The molecule has 15 heteroatoms. The molecule has 13 nitrogen and oxygen atoms in total. The average Bonchev–Trinajstić information content (AvgIpc) is 2.84. The van der Waals surface area contributed by atoms with Crippen LogP contribution in [0, 0.1) is 31.6 Å². The molecule has 0 fully saturated rings. The van der Waals surface area contributed by atoms with E-state index in [9.17, 15) is 34.6 Å². The number of amides is 2. The summed E-state index contributed by atoms with van der Waals surface area (Å²) in [6, 6.07) is 7.07. The summed E-state index contributed by atoms with van der Waals surface area (Å²) in [6.45, 7) is -0.759. The van der Waals surface area contributed by atoms with Crippen LogP contribution in [0.15, 0.2) is 36.4 Å². The zero-order valence-electron chi connectivity index (χ0n) is 18.6. The number of nitriles is 1. The fraction of sp³-hybridized carbons (Fsp3) is 0.238. The predicted molar refractivity (Wildman–Crippen MR) is 130 cm³/mol. The van der Waals surface area contributed by atoms with Crippen LogP contribution in [-0.4, -0.2) is 52.3 Å². The lowest BCUT2D eigenvalue weighted by molar-refractivity contribution is -0.385. The second-order valence-electron chi connectivity index (χ2n) is 6.98. The molecule has 0 spiro atoms. The van der Waals surface area contributed by atoms with Gasteiger partial charge in [-0.2, -0.15) is 17.0 Å². The minimum atomic E-state index is -1.15. The minimum absolute atomic E-state index is 0.0100. The molecule has 188 valence electrons. The molecule has 0 heterocycles. The van der Waals surface area contributed by atoms with Gasteiger partial charge >= 0.3 is 5.97 Å². The molecule has 0 aliphatic rings. The number of nitrogens with zero attached hydrogens (tertiary/aromatic N) is 3. The number of carbonyl (C=O) groups excluding carboxylic acids is 3. The molecule has 2 amide bonds. The standard InChI is InChI=1S/C21H18ClN5O8S/c1-36-7-6-18(25-20(29)15-4-2-14(27(33)34)9-16(15)22)21(30)35-11-19(28)24-17-5-3-13(26(31)32)8-12(17)10-23/h2-5,8-9,18H,6-7,11H2,1H3,(H,24,28)(H,25,29)/t18-/m0/s1. The van der Waals surface area contributed by atoms with Crippen molar-refractivity contribution in [1.82, 2.24) is 5.32 Å². The number of non-ortho nitro benzene ring substituents is 2. The Morgan fingerprint density at radius 2 is 1.78 bits per heavy atom. The lowest BCUT2D eigenvalue weighted by Gasteiger charge is -2.18. The number of ether oxygens (including phenoxy) is 1. The van der Waals surface area contributed by atoms with E-state index in [-0.39, 0.29) is 39.6 Å². The van der Waals surface area contributed by atoms with Crippen molar-refractivity contribution in [3.63, 3.8) is 0 Å². The van der Waals surface area contributed by atoms with Crippen molar-refractivity contribution in [1.29, 1.82) is 5.26 Å². The molecule has 0 saturated carbocycles. The molecule has 0 aromatic heterocycles. The van der Waals surface area contributed by atoms with Gasteiger partial charge in [-0.1, -0.05) is 11.6 Å². The Morgan fingerprint density at radius 1 is 1.14 bits per heavy atom. The molecule has 2 rings (SSSR count). The highest BCUT2D eigenvalue weighted by atomic mass is 35.5. The number of nitrogens with one attached hydrogen (secondary N) is 2. The van der Waals surface area contributed by atoms with Gasteiger partial charge in [0, 0.05) is 24.3 Å². The van der Waals surface area contributed by atoms with Crippen molar-refractivity contribution in [2.24, 2.45) is 0 Å². The summed E-state index contributed by atoms with van der Waals surface area (Å²) < 4.78 is 5.00. The number of carbonyl (C=O) groups is 3. The molecule has 0 saturated heterocycles. The number of nitro benzene ring substituents is 2. The van der Waals surface area contributed by atoms with E-state index in [1.54, 1.807) is 12.3 Å². The first-order valence-electron chi connectivity index (χ1n) is 9.96. The summed E-state index contributed by atoms with van der Waals surface area (Å²) in [6.07, 6.45) is 1.93. The Labute approximate surface area is 213 Å². The lowest BCUT2D eigenvalue weighted by atomic mass is 10.1. The van der Waals surface area contributed by atoms with E-state index in [1.165, 1.54) is 17.8 Å². The quantitative estimate of drug-likeness (QED) is 0.245. The highest BCUT2D eigenvalue weighted by Crippen LogP contribution is 2.23. The third kappa shape index (κ3) is 7.65. The van der Waals surface area contributed by atoms with E-state index in [1.807, 2.05) is 0 Å². The van der Waals surface area contributed by atoms with E-state index in [4.69, 9.17) is 21.6 Å². The van der Waals surface area contributed by atoms with Gasteiger partial charge in [0.2, 0.25) is 0 Å². The first-order chi connectivity index (χ1) is 17.1. The van der Waals surface area contributed by atoms with Crippen LogP contribution in [-0.2, 0) is 14.3 Å². The summed E-state index contributed by atoms with van der Waals surface area (Å²) in [7, 11) is 0. The van der Waals surface area contributed by atoms with Crippen LogP contribution in [0.2, 0.25) is 5.02 Å². The second-order valence-corrected chi connectivity index (χ2v) is 8.38. The van der Waals surface area contributed by atoms with Crippen LogP contribution in [0.5, 0.6) is 0 Å². The summed E-state index contributed by atoms with van der Waals surface area (Å²) in [5.41, 5.74) is -0.910. The maximum atomic E-state index is 12.6. The molecule has 2 aromatic rings. The Kier molecular flexibility index (Phi) is 10.1. The largest absolute Gasteiger partial charge is 0.454 e. The molecule has 1 atom stereocenters. The molecular weight excluding hydrogens is 518 g/mol. The maximum absolute atomic E-state index is 12.6. The van der Waals surface area contributed by atoms with Gasteiger partial charge in [0.15, 0.2) is 6.61 Å². The maximum Gasteiger partial charge on any atom is 0.329 e. The van der Waals surface area contributed by atoms with Gasteiger partial charge in [0.05, 0.1) is 31.7 Å². The molecular formula is C21H18ClN5O8S. The highest BCUT2D eigenvalue weighted by molar-refractivity contribution is 7.98. The smallest absolute Gasteiger partial charge is 0.329 e.